The van der Waals surface area contributed by atoms with E-state index in [2.05, 4.69) is 25.9 Å². The van der Waals surface area contributed by atoms with E-state index in [1.165, 1.54) is 0 Å². The van der Waals surface area contributed by atoms with E-state index in [0.717, 1.165) is 22.3 Å². The topological polar surface area (TPSA) is 78.4 Å². The summed E-state index contributed by atoms with van der Waals surface area (Å²) >= 11 is 0.991. The minimum Gasteiger partial charge on any atom is -0.357 e. The number of alkyl halides is 3. The van der Waals surface area contributed by atoms with Crippen molar-refractivity contribution in [2.24, 2.45) is 4.99 Å². The lowest BCUT2D eigenvalue weighted by Crippen LogP contribution is -2.38. The zero-order valence-electron chi connectivity index (χ0n) is 16.3. The Hall–Kier alpha value is -2.62. The summed E-state index contributed by atoms with van der Waals surface area (Å²) in [5, 5.41) is 10.4. The lowest BCUT2D eigenvalue weighted by molar-refractivity contribution is -0.140. The molecule has 0 spiro atoms. The largest absolute Gasteiger partial charge is 0.434 e. The lowest BCUT2D eigenvalue weighted by atomic mass is 10.1. The molecule has 0 aliphatic rings. The van der Waals surface area contributed by atoms with Crippen molar-refractivity contribution in [3.8, 4) is 0 Å². The maximum absolute atomic E-state index is 12.6. The van der Waals surface area contributed by atoms with E-state index in [1.54, 1.807) is 18.2 Å². The molecule has 0 radical (unpaired) electrons. The lowest BCUT2D eigenvalue weighted by Gasteiger charge is -2.11. The van der Waals surface area contributed by atoms with E-state index >= 15 is 0 Å². The molecule has 0 aliphatic heterocycles. The highest BCUT2D eigenvalue weighted by Crippen LogP contribution is 2.29. The maximum atomic E-state index is 12.6. The van der Waals surface area contributed by atoms with Crippen molar-refractivity contribution in [3.05, 3.63) is 51.5 Å². The number of aromatic nitrogens is 1. The molecule has 158 valence electrons. The minimum atomic E-state index is -4.42. The van der Waals surface area contributed by atoms with Gasteiger partial charge in [-0.25, -0.2) is 9.98 Å². The number of rotatable bonds is 8. The summed E-state index contributed by atoms with van der Waals surface area (Å²) < 4.78 is 37.8. The van der Waals surface area contributed by atoms with Gasteiger partial charge >= 0.3 is 6.18 Å². The van der Waals surface area contributed by atoms with Crippen molar-refractivity contribution in [2.75, 3.05) is 19.6 Å². The fraction of sp³-hybridized carbons (Fsp3) is 0.421. The molecule has 0 aliphatic carbocycles. The van der Waals surface area contributed by atoms with Crippen LogP contribution >= 0.6 is 11.3 Å². The van der Waals surface area contributed by atoms with E-state index in [-0.39, 0.29) is 5.91 Å². The average Bonchev–Trinajstić information content (AvgIpc) is 3.16. The number of nitrogens with one attached hydrogen (secondary N) is 3. The number of nitrogens with zero attached hydrogens (tertiary/aromatic N) is 2. The van der Waals surface area contributed by atoms with Crippen molar-refractivity contribution in [1.82, 2.24) is 20.9 Å². The van der Waals surface area contributed by atoms with E-state index in [4.69, 9.17) is 0 Å². The number of aliphatic imine (C=N–C) groups is 1. The highest BCUT2D eigenvalue weighted by molar-refractivity contribution is 7.09. The van der Waals surface area contributed by atoms with Gasteiger partial charge in [0.15, 0.2) is 11.7 Å². The molecule has 0 atom stereocenters. The van der Waals surface area contributed by atoms with Crippen molar-refractivity contribution in [1.29, 1.82) is 0 Å². The van der Waals surface area contributed by atoms with Gasteiger partial charge in [-0.3, -0.25) is 4.79 Å². The molecule has 10 heteroatoms. The number of halogens is 3. The Bertz CT molecular complexity index is 835. The summed E-state index contributed by atoms with van der Waals surface area (Å²) in [5.41, 5.74) is 0.590. The standard InChI is InChI=1S/C19H24F3N5OS/c1-3-23-17(28)14-7-5-6-13(10-14)11-26-18(24-4-2)25-9-8-16-27-15(12-29-16)19(20,21)22/h5-7,10,12H,3-4,8-9,11H2,1-2H3,(H,23,28)(H2,24,25,26). The molecule has 1 amide bonds. The SMILES string of the molecule is CCNC(=O)c1cccc(CN=C(NCC)NCCc2nc(C(F)(F)F)cs2)c1. The maximum Gasteiger partial charge on any atom is 0.434 e. The van der Waals surface area contributed by atoms with Crippen LogP contribution in [-0.2, 0) is 19.1 Å². The Kier molecular flexibility index (Phi) is 8.44. The Morgan fingerprint density at radius 2 is 1.93 bits per heavy atom. The molecule has 6 nitrogen and oxygen atoms in total. The number of benzene rings is 1. The van der Waals surface area contributed by atoms with Gasteiger partial charge in [0.1, 0.15) is 0 Å². The van der Waals surface area contributed by atoms with E-state index in [1.807, 2.05) is 19.9 Å². The van der Waals surface area contributed by atoms with Gasteiger partial charge in [-0.15, -0.1) is 11.3 Å². The molecule has 0 saturated heterocycles. The Morgan fingerprint density at radius 3 is 2.59 bits per heavy atom. The number of thiazole rings is 1. The van der Waals surface area contributed by atoms with Crippen molar-refractivity contribution in [2.45, 2.75) is 33.0 Å². The third-order valence-corrected chi connectivity index (χ3v) is 4.67. The normalized spacial score (nSPS) is 12.0. The molecular formula is C19H24F3N5OS. The van der Waals surface area contributed by atoms with Crippen molar-refractivity contribution < 1.29 is 18.0 Å². The second-order valence-electron chi connectivity index (χ2n) is 6.06. The van der Waals surface area contributed by atoms with Gasteiger partial charge < -0.3 is 16.0 Å². The Labute approximate surface area is 171 Å². The molecule has 0 fully saturated rings. The fourth-order valence-electron chi connectivity index (χ4n) is 2.43. The van der Waals surface area contributed by atoms with Crippen LogP contribution in [0.15, 0.2) is 34.6 Å². The van der Waals surface area contributed by atoms with E-state index in [9.17, 15) is 18.0 Å². The van der Waals surface area contributed by atoms with Crippen LogP contribution < -0.4 is 16.0 Å². The molecule has 1 aromatic heterocycles. The van der Waals surface area contributed by atoms with Crippen LogP contribution in [0, 0.1) is 0 Å². The van der Waals surface area contributed by atoms with Gasteiger partial charge in [-0.1, -0.05) is 12.1 Å². The minimum absolute atomic E-state index is 0.134. The molecule has 0 saturated carbocycles. The summed E-state index contributed by atoms with van der Waals surface area (Å²) in [4.78, 5) is 20.0. The van der Waals surface area contributed by atoms with Gasteiger partial charge in [0, 0.05) is 37.0 Å². The van der Waals surface area contributed by atoms with Gasteiger partial charge in [0.2, 0.25) is 0 Å². The van der Waals surface area contributed by atoms with Crippen molar-refractivity contribution in [3.63, 3.8) is 0 Å². The summed E-state index contributed by atoms with van der Waals surface area (Å²) in [5.74, 6) is 0.411. The molecular weight excluding hydrogens is 403 g/mol. The number of amides is 1. The number of carbonyl (C=O) groups is 1. The van der Waals surface area contributed by atoms with Crippen LogP contribution in [-0.4, -0.2) is 36.5 Å². The summed E-state index contributed by atoms with van der Waals surface area (Å²) in [6, 6.07) is 7.21. The van der Waals surface area contributed by atoms with Gasteiger partial charge in [-0.05, 0) is 31.5 Å². The summed E-state index contributed by atoms with van der Waals surface area (Å²) in [7, 11) is 0. The van der Waals surface area contributed by atoms with Crippen LogP contribution in [0.4, 0.5) is 13.2 Å². The quantitative estimate of drug-likeness (QED) is 0.447. The highest BCUT2D eigenvalue weighted by atomic mass is 32.1. The second kappa shape index (κ2) is 10.8. The van der Waals surface area contributed by atoms with Crippen molar-refractivity contribution >= 4 is 23.2 Å². The molecule has 0 unspecified atom stereocenters. The Balaban J connectivity index is 1.93. The Morgan fingerprint density at radius 1 is 1.17 bits per heavy atom. The zero-order chi connectivity index (χ0) is 21.3. The number of guanidine groups is 1. The smallest absolute Gasteiger partial charge is 0.357 e. The molecule has 1 aromatic carbocycles. The van der Waals surface area contributed by atoms with Crippen LogP contribution in [0.5, 0.6) is 0 Å². The van der Waals surface area contributed by atoms with E-state index in [0.29, 0.717) is 49.1 Å². The molecule has 2 rings (SSSR count). The predicted octanol–water partition coefficient (Wildman–Crippen LogP) is 3.21. The summed E-state index contributed by atoms with van der Waals surface area (Å²) in [6.07, 6.45) is -4.06. The molecule has 3 N–H and O–H groups in total. The first-order valence-electron chi connectivity index (χ1n) is 9.24. The highest BCUT2D eigenvalue weighted by Gasteiger charge is 2.33. The monoisotopic (exact) mass is 427 g/mol. The van der Waals surface area contributed by atoms with E-state index < -0.39 is 11.9 Å². The molecule has 0 bridgehead atoms. The predicted molar refractivity (Wildman–Crippen MR) is 108 cm³/mol. The zero-order valence-corrected chi connectivity index (χ0v) is 17.1. The van der Waals surface area contributed by atoms with Gasteiger partial charge in [0.05, 0.1) is 11.6 Å². The van der Waals surface area contributed by atoms with Gasteiger partial charge in [0.25, 0.3) is 5.91 Å². The van der Waals surface area contributed by atoms with Crippen LogP contribution in [0.25, 0.3) is 0 Å². The first-order chi connectivity index (χ1) is 13.8. The summed E-state index contributed by atoms with van der Waals surface area (Å²) in [6.45, 7) is 5.73. The average molecular weight is 427 g/mol. The first kappa shape index (κ1) is 22.7. The number of hydrogen-bond acceptors (Lipinski definition) is 4. The second-order valence-corrected chi connectivity index (χ2v) is 7.00. The van der Waals surface area contributed by atoms with Gasteiger partial charge in [-0.2, -0.15) is 13.2 Å². The third kappa shape index (κ3) is 7.37. The molecule has 29 heavy (non-hydrogen) atoms. The number of hydrogen-bond donors (Lipinski definition) is 3. The first-order valence-corrected chi connectivity index (χ1v) is 10.1. The van der Waals surface area contributed by atoms with Crippen LogP contribution in [0.1, 0.15) is 40.5 Å². The fourth-order valence-corrected chi connectivity index (χ4v) is 3.23. The van der Waals surface area contributed by atoms with Crippen LogP contribution in [0.3, 0.4) is 0 Å². The number of carbonyl (C=O) groups excluding carboxylic acids is 1. The molecule has 1 heterocycles. The third-order valence-electron chi connectivity index (χ3n) is 3.76. The molecule has 2 aromatic rings. The van der Waals surface area contributed by atoms with Crippen LogP contribution in [0.2, 0.25) is 0 Å².